The molecule has 1 aliphatic rings. The van der Waals surface area contributed by atoms with Crippen LogP contribution in [0.25, 0.3) is 0 Å². The molecule has 0 aromatic heterocycles. The van der Waals surface area contributed by atoms with Crippen molar-refractivity contribution in [3.63, 3.8) is 0 Å². The van der Waals surface area contributed by atoms with Crippen LogP contribution >= 0.6 is 15.9 Å². The van der Waals surface area contributed by atoms with Crippen LogP contribution in [0.4, 0.5) is 4.39 Å². The van der Waals surface area contributed by atoms with Gasteiger partial charge in [-0.05, 0) is 42.4 Å². The fraction of sp³-hybridized carbons (Fsp3) is 0.562. The highest BCUT2D eigenvalue weighted by molar-refractivity contribution is 9.10. The Hall–Kier alpha value is -0.900. The Morgan fingerprint density at radius 1 is 1.40 bits per heavy atom. The zero-order valence-corrected chi connectivity index (χ0v) is 13.6. The summed E-state index contributed by atoms with van der Waals surface area (Å²) >= 11 is 3.37. The Kier molecular flexibility index (Phi) is 5.19. The predicted molar refractivity (Wildman–Crippen MR) is 81.7 cm³/mol. The average molecular weight is 342 g/mol. The molecule has 20 heavy (non-hydrogen) atoms. The molecule has 1 aromatic carbocycles. The summed E-state index contributed by atoms with van der Waals surface area (Å²) in [5.74, 6) is 1.20. The quantitative estimate of drug-likeness (QED) is 0.799. The number of amides is 1. The highest BCUT2D eigenvalue weighted by atomic mass is 79.9. The molecule has 1 unspecified atom stereocenters. The first kappa shape index (κ1) is 15.5. The fourth-order valence-electron chi connectivity index (χ4n) is 2.75. The number of benzene rings is 1. The zero-order valence-electron chi connectivity index (χ0n) is 12.0. The molecule has 1 saturated heterocycles. The lowest BCUT2D eigenvalue weighted by Crippen LogP contribution is -2.30. The summed E-state index contributed by atoms with van der Waals surface area (Å²) in [6.07, 6.45) is 2.67. The molecule has 0 bridgehead atoms. The van der Waals surface area contributed by atoms with E-state index in [-0.39, 0.29) is 11.7 Å². The smallest absolute Gasteiger partial charge is 0.222 e. The Bertz CT molecular complexity index is 489. The molecule has 2 rings (SSSR count). The number of rotatable bonds is 3. The molecule has 1 heterocycles. The summed E-state index contributed by atoms with van der Waals surface area (Å²) in [6, 6.07) is 4.64. The van der Waals surface area contributed by atoms with Crippen LogP contribution in [0.2, 0.25) is 0 Å². The second kappa shape index (κ2) is 6.70. The van der Waals surface area contributed by atoms with E-state index < -0.39 is 0 Å². The van der Waals surface area contributed by atoms with E-state index >= 15 is 0 Å². The van der Waals surface area contributed by atoms with Gasteiger partial charge in [-0.1, -0.05) is 35.8 Å². The molecule has 110 valence electrons. The SMILES string of the molecule is CC(C)C1CCC(=O)N(Cc2ccc(F)cc2Br)CC1. The third-order valence-electron chi connectivity index (χ3n) is 4.17. The summed E-state index contributed by atoms with van der Waals surface area (Å²) in [7, 11) is 0. The van der Waals surface area contributed by atoms with Crippen molar-refractivity contribution in [1.82, 2.24) is 4.90 Å². The van der Waals surface area contributed by atoms with Gasteiger partial charge in [-0.25, -0.2) is 4.39 Å². The molecule has 0 saturated carbocycles. The molecule has 1 aliphatic heterocycles. The topological polar surface area (TPSA) is 20.3 Å². The largest absolute Gasteiger partial charge is 0.338 e. The molecule has 0 spiro atoms. The lowest BCUT2D eigenvalue weighted by atomic mass is 9.89. The number of carbonyl (C=O) groups is 1. The van der Waals surface area contributed by atoms with Crippen molar-refractivity contribution < 1.29 is 9.18 Å². The first-order valence-corrected chi connectivity index (χ1v) is 7.98. The van der Waals surface area contributed by atoms with Crippen LogP contribution in [0.3, 0.4) is 0 Å². The van der Waals surface area contributed by atoms with E-state index in [2.05, 4.69) is 29.8 Å². The lowest BCUT2D eigenvalue weighted by molar-refractivity contribution is -0.131. The number of carbonyl (C=O) groups excluding carboxylic acids is 1. The number of hydrogen-bond donors (Lipinski definition) is 0. The maximum atomic E-state index is 13.1. The summed E-state index contributed by atoms with van der Waals surface area (Å²) in [6.45, 7) is 5.80. The van der Waals surface area contributed by atoms with Crippen molar-refractivity contribution >= 4 is 21.8 Å². The van der Waals surface area contributed by atoms with E-state index in [1.54, 1.807) is 6.07 Å². The van der Waals surface area contributed by atoms with Crippen LogP contribution < -0.4 is 0 Å². The fourth-order valence-corrected chi connectivity index (χ4v) is 3.22. The minimum Gasteiger partial charge on any atom is -0.338 e. The van der Waals surface area contributed by atoms with Crippen molar-refractivity contribution in [3.8, 4) is 0 Å². The molecular weight excluding hydrogens is 321 g/mol. The Balaban J connectivity index is 2.06. The molecule has 0 aliphatic carbocycles. The Morgan fingerprint density at radius 3 is 2.80 bits per heavy atom. The predicted octanol–water partition coefficient (Wildman–Crippen LogP) is 4.37. The van der Waals surface area contributed by atoms with E-state index in [0.29, 0.717) is 24.8 Å². The van der Waals surface area contributed by atoms with Gasteiger partial charge in [-0.3, -0.25) is 4.79 Å². The molecular formula is C16H21BrFNO. The van der Waals surface area contributed by atoms with E-state index in [9.17, 15) is 9.18 Å². The van der Waals surface area contributed by atoms with Crippen LogP contribution in [0.1, 0.15) is 38.7 Å². The summed E-state index contributed by atoms with van der Waals surface area (Å²) in [4.78, 5) is 14.1. The number of likely N-dealkylation sites (tertiary alicyclic amines) is 1. The molecule has 2 nitrogen and oxygen atoms in total. The summed E-state index contributed by atoms with van der Waals surface area (Å²) in [5, 5.41) is 0. The molecule has 1 fully saturated rings. The molecule has 0 radical (unpaired) electrons. The maximum Gasteiger partial charge on any atom is 0.222 e. The molecule has 0 N–H and O–H groups in total. The van der Waals surface area contributed by atoms with E-state index in [1.165, 1.54) is 12.1 Å². The third-order valence-corrected chi connectivity index (χ3v) is 4.91. The van der Waals surface area contributed by atoms with Gasteiger partial charge in [0, 0.05) is 24.0 Å². The van der Waals surface area contributed by atoms with Gasteiger partial charge >= 0.3 is 0 Å². The molecule has 1 aromatic rings. The third kappa shape index (κ3) is 3.81. The van der Waals surface area contributed by atoms with Crippen LogP contribution in [0.15, 0.2) is 22.7 Å². The van der Waals surface area contributed by atoms with Gasteiger partial charge < -0.3 is 4.90 Å². The van der Waals surface area contributed by atoms with E-state index in [4.69, 9.17) is 0 Å². The van der Waals surface area contributed by atoms with Crippen LogP contribution in [-0.4, -0.2) is 17.4 Å². The van der Waals surface area contributed by atoms with Crippen molar-refractivity contribution in [2.75, 3.05) is 6.54 Å². The number of halogens is 2. The monoisotopic (exact) mass is 341 g/mol. The number of nitrogens with zero attached hydrogens (tertiary/aromatic N) is 1. The van der Waals surface area contributed by atoms with Crippen molar-refractivity contribution in [3.05, 3.63) is 34.1 Å². The van der Waals surface area contributed by atoms with Crippen LogP contribution in [0.5, 0.6) is 0 Å². The van der Waals surface area contributed by atoms with Gasteiger partial charge in [-0.15, -0.1) is 0 Å². The first-order valence-electron chi connectivity index (χ1n) is 7.19. The van der Waals surface area contributed by atoms with Crippen molar-refractivity contribution in [2.45, 2.75) is 39.7 Å². The second-order valence-corrected chi connectivity index (χ2v) is 6.74. The van der Waals surface area contributed by atoms with Crippen LogP contribution in [-0.2, 0) is 11.3 Å². The normalized spacial score (nSPS) is 20.4. The molecule has 1 amide bonds. The average Bonchev–Trinajstić information content (AvgIpc) is 2.56. The standard InChI is InChI=1S/C16H21BrFNO/c1-11(2)12-4-6-16(20)19(8-7-12)10-13-3-5-14(18)9-15(13)17/h3,5,9,11-12H,4,6-8,10H2,1-2H3. The minimum absolute atomic E-state index is 0.212. The van der Waals surface area contributed by atoms with Gasteiger partial charge in [0.05, 0.1) is 0 Å². The van der Waals surface area contributed by atoms with E-state index in [0.717, 1.165) is 29.4 Å². The summed E-state index contributed by atoms with van der Waals surface area (Å²) < 4.78 is 13.8. The summed E-state index contributed by atoms with van der Waals surface area (Å²) in [5.41, 5.74) is 0.961. The van der Waals surface area contributed by atoms with Gasteiger partial charge in [0.15, 0.2) is 0 Å². The van der Waals surface area contributed by atoms with Gasteiger partial charge in [0.2, 0.25) is 5.91 Å². The minimum atomic E-state index is -0.261. The molecule has 1 atom stereocenters. The zero-order chi connectivity index (χ0) is 14.7. The number of hydrogen-bond acceptors (Lipinski definition) is 1. The highest BCUT2D eigenvalue weighted by Crippen LogP contribution is 2.27. The lowest BCUT2D eigenvalue weighted by Gasteiger charge is -2.22. The van der Waals surface area contributed by atoms with Crippen LogP contribution in [0, 0.1) is 17.7 Å². The first-order chi connectivity index (χ1) is 9.47. The van der Waals surface area contributed by atoms with Gasteiger partial charge in [-0.2, -0.15) is 0 Å². The molecule has 4 heteroatoms. The maximum absolute atomic E-state index is 13.1. The van der Waals surface area contributed by atoms with E-state index in [1.807, 2.05) is 4.90 Å². The highest BCUT2D eigenvalue weighted by Gasteiger charge is 2.24. The van der Waals surface area contributed by atoms with Gasteiger partial charge in [0.1, 0.15) is 5.82 Å². The van der Waals surface area contributed by atoms with Gasteiger partial charge in [0.25, 0.3) is 0 Å². The Morgan fingerprint density at radius 2 is 2.15 bits per heavy atom. The Labute approximate surface area is 128 Å². The van der Waals surface area contributed by atoms with Crippen molar-refractivity contribution in [2.24, 2.45) is 11.8 Å². The van der Waals surface area contributed by atoms with Crippen molar-refractivity contribution in [1.29, 1.82) is 0 Å². The second-order valence-electron chi connectivity index (χ2n) is 5.88.